The molecule has 0 aliphatic rings. The SMILES string of the molecule is CC(C)COc1coc(C(=O)O)cc1=O. The van der Waals surface area contributed by atoms with Gasteiger partial charge in [-0.3, -0.25) is 4.79 Å². The van der Waals surface area contributed by atoms with E-state index >= 15 is 0 Å². The van der Waals surface area contributed by atoms with Gasteiger partial charge in [0.15, 0.2) is 0 Å². The summed E-state index contributed by atoms with van der Waals surface area (Å²) in [6.45, 7) is 4.26. The van der Waals surface area contributed by atoms with E-state index in [1.807, 2.05) is 13.8 Å². The lowest BCUT2D eigenvalue weighted by molar-refractivity contribution is 0.0658. The molecule has 1 heterocycles. The van der Waals surface area contributed by atoms with Gasteiger partial charge in [-0.25, -0.2) is 4.79 Å². The van der Waals surface area contributed by atoms with Crippen molar-refractivity contribution in [3.8, 4) is 5.75 Å². The van der Waals surface area contributed by atoms with E-state index in [0.717, 1.165) is 12.3 Å². The molecule has 0 spiro atoms. The second kappa shape index (κ2) is 4.63. The fourth-order valence-corrected chi connectivity index (χ4v) is 0.873. The Kier molecular flexibility index (Phi) is 3.49. The zero-order valence-electron chi connectivity index (χ0n) is 8.52. The van der Waals surface area contributed by atoms with Gasteiger partial charge in [-0.1, -0.05) is 13.8 Å². The number of carboxylic acid groups (broad SMARTS) is 1. The van der Waals surface area contributed by atoms with E-state index in [4.69, 9.17) is 14.3 Å². The normalized spacial score (nSPS) is 10.3. The number of rotatable bonds is 4. The Bertz CT molecular complexity index is 405. The van der Waals surface area contributed by atoms with Gasteiger partial charge in [-0.05, 0) is 5.92 Å². The smallest absolute Gasteiger partial charge is 0.371 e. The van der Waals surface area contributed by atoms with Crippen molar-refractivity contribution in [2.24, 2.45) is 5.92 Å². The highest BCUT2D eigenvalue weighted by Gasteiger charge is 2.10. The van der Waals surface area contributed by atoms with E-state index in [1.165, 1.54) is 0 Å². The molecule has 0 saturated heterocycles. The van der Waals surface area contributed by atoms with Crippen molar-refractivity contribution >= 4 is 5.97 Å². The number of carboxylic acids is 1. The van der Waals surface area contributed by atoms with E-state index in [9.17, 15) is 9.59 Å². The summed E-state index contributed by atoms with van der Waals surface area (Å²) in [5.74, 6) is -1.35. The fourth-order valence-electron chi connectivity index (χ4n) is 0.873. The van der Waals surface area contributed by atoms with Crippen LogP contribution in [0.15, 0.2) is 21.5 Å². The molecule has 15 heavy (non-hydrogen) atoms. The third-order valence-electron chi connectivity index (χ3n) is 1.58. The summed E-state index contributed by atoms with van der Waals surface area (Å²) < 4.78 is 9.84. The summed E-state index contributed by atoms with van der Waals surface area (Å²) >= 11 is 0. The van der Waals surface area contributed by atoms with E-state index in [0.29, 0.717) is 6.61 Å². The van der Waals surface area contributed by atoms with Gasteiger partial charge in [0.05, 0.1) is 6.61 Å². The van der Waals surface area contributed by atoms with Gasteiger partial charge >= 0.3 is 5.97 Å². The molecule has 1 aromatic rings. The summed E-state index contributed by atoms with van der Waals surface area (Å²) in [5.41, 5.74) is -0.487. The Morgan fingerprint density at radius 3 is 2.73 bits per heavy atom. The predicted molar refractivity (Wildman–Crippen MR) is 52.3 cm³/mol. The number of hydrogen-bond donors (Lipinski definition) is 1. The maximum atomic E-state index is 11.3. The molecule has 0 aliphatic carbocycles. The summed E-state index contributed by atoms with van der Waals surface area (Å²) in [5, 5.41) is 8.54. The molecule has 0 saturated carbocycles. The van der Waals surface area contributed by atoms with E-state index < -0.39 is 17.2 Å². The Balaban J connectivity index is 2.84. The molecular weight excluding hydrogens is 200 g/mol. The lowest BCUT2D eigenvalue weighted by Gasteiger charge is -2.06. The first-order valence-corrected chi connectivity index (χ1v) is 4.49. The predicted octanol–water partition coefficient (Wildman–Crippen LogP) is 1.37. The quantitative estimate of drug-likeness (QED) is 0.815. The van der Waals surface area contributed by atoms with Gasteiger partial charge in [0, 0.05) is 6.07 Å². The van der Waals surface area contributed by atoms with Gasteiger partial charge in [-0.15, -0.1) is 0 Å². The summed E-state index contributed by atoms with van der Waals surface area (Å²) in [6, 6.07) is 0.901. The highest BCUT2D eigenvalue weighted by molar-refractivity contribution is 5.84. The van der Waals surface area contributed by atoms with Gasteiger partial charge in [0.1, 0.15) is 6.26 Å². The minimum Gasteiger partial charge on any atom is -0.486 e. The molecule has 5 heteroatoms. The Labute approximate surface area is 86.3 Å². The van der Waals surface area contributed by atoms with Crippen LogP contribution in [0.25, 0.3) is 0 Å². The summed E-state index contributed by atoms with van der Waals surface area (Å²) in [6.07, 6.45) is 1.02. The van der Waals surface area contributed by atoms with Crippen LogP contribution in [-0.2, 0) is 0 Å². The summed E-state index contributed by atoms with van der Waals surface area (Å²) in [4.78, 5) is 21.8. The van der Waals surface area contributed by atoms with E-state index in [2.05, 4.69) is 0 Å². The lowest BCUT2D eigenvalue weighted by Crippen LogP contribution is -2.13. The molecule has 0 aromatic carbocycles. The number of aromatic carboxylic acids is 1. The van der Waals surface area contributed by atoms with Crippen LogP contribution in [-0.4, -0.2) is 17.7 Å². The van der Waals surface area contributed by atoms with Gasteiger partial charge in [0.25, 0.3) is 0 Å². The maximum Gasteiger partial charge on any atom is 0.371 e. The van der Waals surface area contributed by atoms with Crippen molar-refractivity contribution in [1.82, 2.24) is 0 Å². The molecule has 0 fully saturated rings. The third kappa shape index (κ3) is 3.12. The van der Waals surface area contributed by atoms with Gasteiger partial charge in [0.2, 0.25) is 16.9 Å². The fraction of sp³-hybridized carbons (Fsp3) is 0.400. The average molecular weight is 212 g/mol. The van der Waals surface area contributed by atoms with Crippen molar-refractivity contribution in [2.45, 2.75) is 13.8 Å². The molecule has 82 valence electrons. The Hall–Kier alpha value is -1.78. The van der Waals surface area contributed by atoms with Crippen LogP contribution in [0.5, 0.6) is 5.75 Å². The van der Waals surface area contributed by atoms with Crippen LogP contribution >= 0.6 is 0 Å². The number of carbonyl (C=O) groups is 1. The first-order valence-electron chi connectivity index (χ1n) is 4.49. The zero-order chi connectivity index (χ0) is 11.4. The molecule has 0 unspecified atom stereocenters. The molecule has 0 radical (unpaired) electrons. The minimum atomic E-state index is -1.28. The van der Waals surface area contributed by atoms with Crippen LogP contribution in [0.3, 0.4) is 0 Å². The van der Waals surface area contributed by atoms with E-state index in [1.54, 1.807) is 0 Å². The molecule has 1 N–H and O–H groups in total. The number of hydrogen-bond acceptors (Lipinski definition) is 4. The van der Waals surface area contributed by atoms with E-state index in [-0.39, 0.29) is 11.7 Å². The first kappa shape index (κ1) is 11.3. The number of ether oxygens (including phenoxy) is 1. The summed E-state index contributed by atoms with van der Waals surface area (Å²) in [7, 11) is 0. The first-order chi connectivity index (χ1) is 7.00. The second-order valence-electron chi connectivity index (χ2n) is 3.48. The monoisotopic (exact) mass is 212 g/mol. The van der Waals surface area contributed by atoms with Crippen molar-refractivity contribution in [3.05, 3.63) is 28.3 Å². The third-order valence-corrected chi connectivity index (χ3v) is 1.58. The molecular formula is C10H12O5. The Morgan fingerprint density at radius 2 is 2.27 bits per heavy atom. The largest absolute Gasteiger partial charge is 0.486 e. The van der Waals surface area contributed by atoms with Crippen LogP contribution in [0.1, 0.15) is 24.4 Å². The maximum absolute atomic E-state index is 11.3. The van der Waals surface area contributed by atoms with Crippen LogP contribution in [0.4, 0.5) is 0 Å². The van der Waals surface area contributed by atoms with Crippen LogP contribution < -0.4 is 10.2 Å². The van der Waals surface area contributed by atoms with Crippen molar-refractivity contribution in [2.75, 3.05) is 6.61 Å². The highest BCUT2D eigenvalue weighted by Crippen LogP contribution is 2.07. The molecule has 5 nitrogen and oxygen atoms in total. The molecule has 0 atom stereocenters. The molecule has 1 aromatic heterocycles. The highest BCUT2D eigenvalue weighted by atomic mass is 16.5. The van der Waals surface area contributed by atoms with Crippen molar-refractivity contribution in [3.63, 3.8) is 0 Å². The second-order valence-corrected chi connectivity index (χ2v) is 3.48. The molecule has 0 aliphatic heterocycles. The minimum absolute atomic E-state index is 0.0358. The Morgan fingerprint density at radius 1 is 1.60 bits per heavy atom. The average Bonchev–Trinajstić information content (AvgIpc) is 2.15. The molecule has 0 bridgehead atoms. The van der Waals surface area contributed by atoms with Crippen molar-refractivity contribution < 1.29 is 19.1 Å². The standard InChI is InChI=1S/C10H12O5/c1-6(2)4-14-9-5-15-8(10(12)13)3-7(9)11/h3,5-6H,4H2,1-2H3,(H,12,13). The van der Waals surface area contributed by atoms with Gasteiger partial charge < -0.3 is 14.3 Å². The van der Waals surface area contributed by atoms with Crippen LogP contribution in [0, 0.1) is 5.92 Å². The van der Waals surface area contributed by atoms with Crippen molar-refractivity contribution in [1.29, 1.82) is 0 Å². The molecule has 1 rings (SSSR count). The van der Waals surface area contributed by atoms with Crippen LogP contribution in [0.2, 0.25) is 0 Å². The zero-order valence-corrected chi connectivity index (χ0v) is 8.52. The lowest BCUT2D eigenvalue weighted by atomic mass is 10.2. The molecule has 0 amide bonds. The van der Waals surface area contributed by atoms with Gasteiger partial charge in [-0.2, -0.15) is 0 Å². The topological polar surface area (TPSA) is 76.7 Å².